The Morgan fingerprint density at radius 1 is 1.29 bits per heavy atom. The van der Waals surface area contributed by atoms with Gasteiger partial charge in [0.25, 0.3) is 5.91 Å². The maximum atomic E-state index is 13.6. The highest BCUT2D eigenvalue weighted by molar-refractivity contribution is 6.34. The van der Waals surface area contributed by atoms with Gasteiger partial charge in [-0.3, -0.25) is 4.79 Å². The van der Waals surface area contributed by atoms with Gasteiger partial charge in [0.15, 0.2) is 5.82 Å². The maximum absolute atomic E-state index is 13.6. The Kier molecular flexibility index (Phi) is 4.28. The normalized spacial score (nSPS) is 10.3. The first kappa shape index (κ1) is 15.1. The number of carbonyl (C=O) groups excluding carboxylic acids is 1. The van der Waals surface area contributed by atoms with E-state index in [1.54, 1.807) is 0 Å². The number of anilines is 1. The van der Waals surface area contributed by atoms with Crippen LogP contribution in [-0.2, 0) is 0 Å². The summed E-state index contributed by atoms with van der Waals surface area (Å²) in [6, 6.07) is 5.45. The molecule has 2 aromatic rings. The molecule has 2 rings (SSSR count). The summed E-state index contributed by atoms with van der Waals surface area (Å²) in [5.41, 5.74) is -0.501. The van der Waals surface area contributed by atoms with Crippen molar-refractivity contribution in [2.75, 3.05) is 12.4 Å². The summed E-state index contributed by atoms with van der Waals surface area (Å²) in [5, 5.41) is 11.6. The van der Waals surface area contributed by atoms with Crippen LogP contribution in [0.15, 0.2) is 30.3 Å². The summed E-state index contributed by atoms with van der Waals surface area (Å²) in [4.78, 5) is 12.0. The fraction of sp³-hybridized carbons (Fsp3) is 0.0714. The Hall–Kier alpha value is -2.34. The van der Waals surface area contributed by atoms with Gasteiger partial charge in [-0.2, -0.15) is 0 Å². The number of amides is 1. The lowest BCUT2D eigenvalue weighted by Gasteiger charge is -2.10. The van der Waals surface area contributed by atoms with Gasteiger partial charge in [0, 0.05) is 6.07 Å². The smallest absolute Gasteiger partial charge is 0.259 e. The molecule has 4 nitrogen and oxygen atoms in total. The Morgan fingerprint density at radius 3 is 2.62 bits per heavy atom. The van der Waals surface area contributed by atoms with Gasteiger partial charge in [-0.25, -0.2) is 8.78 Å². The van der Waals surface area contributed by atoms with Crippen LogP contribution in [0.5, 0.6) is 11.5 Å². The van der Waals surface area contributed by atoms with Gasteiger partial charge < -0.3 is 15.2 Å². The molecular formula is C14H10ClF2NO3. The molecule has 0 unspecified atom stereocenters. The highest BCUT2D eigenvalue weighted by Crippen LogP contribution is 2.29. The zero-order valence-corrected chi connectivity index (χ0v) is 11.5. The number of phenolic OH excluding ortho intramolecular Hbond substituents is 1. The van der Waals surface area contributed by atoms with Crippen LogP contribution < -0.4 is 10.1 Å². The Labute approximate surface area is 123 Å². The van der Waals surface area contributed by atoms with E-state index in [4.69, 9.17) is 16.3 Å². The third kappa shape index (κ3) is 3.22. The van der Waals surface area contributed by atoms with E-state index in [-0.39, 0.29) is 22.0 Å². The summed E-state index contributed by atoms with van der Waals surface area (Å²) in [6.07, 6.45) is 0. The zero-order chi connectivity index (χ0) is 15.6. The van der Waals surface area contributed by atoms with E-state index in [2.05, 4.69) is 5.32 Å². The Morgan fingerprint density at radius 2 is 2.00 bits per heavy atom. The topological polar surface area (TPSA) is 58.6 Å². The van der Waals surface area contributed by atoms with Gasteiger partial charge in [-0.05, 0) is 24.3 Å². The van der Waals surface area contributed by atoms with E-state index in [9.17, 15) is 18.7 Å². The van der Waals surface area contributed by atoms with Crippen molar-refractivity contribution in [3.8, 4) is 11.5 Å². The minimum atomic E-state index is -1.02. The first-order valence-electron chi connectivity index (χ1n) is 5.75. The summed E-state index contributed by atoms with van der Waals surface area (Å²) in [7, 11) is 1.39. The minimum absolute atomic E-state index is 0.130. The van der Waals surface area contributed by atoms with Crippen molar-refractivity contribution in [2.24, 2.45) is 0 Å². The van der Waals surface area contributed by atoms with Crippen molar-refractivity contribution in [3.05, 3.63) is 52.6 Å². The fourth-order valence-electron chi connectivity index (χ4n) is 1.67. The van der Waals surface area contributed by atoms with Crippen LogP contribution in [0, 0.1) is 11.6 Å². The molecule has 0 aliphatic carbocycles. The zero-order valence-electron chi connectivity index (χ0n) is 10.8. The summed E-state index contributed by atoms with van der Waals surface area (Å²) in [5.74, 6) is -2.66. The Bertz CT molecular complexity index is 684. The molecule has 0 aliphatic rings. The van der Waals surface area contributed by atoms with Crippen LogP contribution in [0.25, 0.3) is 0 Å². The van der Waals surface area contributed by atoms with Gasteiger partial charge >= 0.3 is 0 Å². The van der Waals surface area contributed by atoms with Crippen LogP contribution in [0.4, 0.5) is 14.5 Å². The van der Waals surface area contributed by atoms with E-state index < -0.39 is 17.5 Å². The number of hydrogen-bond acceptors (Lipinski definition) is 3. The molecule has 0 aromatic heterocycles. The fourth-order valence-corrected chi connectivity index (χ4v) is 1.91. The van der Waals surface area contributed by atoms with Crippen LogP contribution in [0.2, 0.25) is 5.02 Å². The SMILES string of the molecule is COc1ccc(O)c(C(=O)Nc2c(F)cc(F)cc2Cl)c1. The van der Waals surface area contributed by atoms with Gasteiger partial charge in [-0.15, -0.1) is 0 Å². The van der Waals surface area contributed by atoms with Crippen LogP contribution >= 0.6 is 11.6 Å². The predicted octanol–water partition coefficient (Wildman–Crippen LogP) is 3.58. The minimum Gasteiger partial charge on any atom is -0.507 e. The molecule has 0 aliphatic heterocycles. The second-order valence-corrected chi connectivity index (χ2v) is 4.49. The molecule has 0 saturated heterocycles. The Balaban J connectivity index is 2.35. The maximum Gasteiger partial charge on any atom is 0.259 e. The predicted molar refractivity (Wildman–Crippen MR) is 74.0 cm³/mol. The third-order valence-electron chi connectivity index (χ3n) is 2.69. The molecule has 0 bridgehead atoms. The number of hydrogen-bond donors (Lipinski definition) is 2. The number of halogens is 3. The molecule has 110 valence electrons. The van der Waals surface area contributed by atoms with E-state index >= 15 is 0 Å². The van der Waals surface area contributed by atoms with E-state index in [0.717, 1.165) is 6.07 Å². The number of aromatic hydroxyl groups is 1. The molecule has 0 heterocycles. The summed E-state index contributed by atoms with van der Waals surface area (Å²) < 4.78 is 31.5. The first-order chi connectivity index (χ1) is 9.92. The number of phenols is 1. The number of ether oxygens (including phenoxy) is 1. The van der Waals surface area contributed by atoms with E-state index in [0.29, 0.717) is 11.8 Å². The van der Waals surface area contributed by atoms with Gasteiger partial charge in [-0.1, -0.05) is 11.6 Å². The average molecular weight is 314 g/mol. The molecule has 7 heteroatoms. The molecule has 0 radical (unpaired) electrons. The average Bonchev–Trinajstić information content (AvgIpc) is 2.43. The van der Waals surface area contributed by atoms with Crippen molar-refractivity contribution < 1.29 is 23.4 Å². The number of carbonyl (C=O) groups is 1. The van der Waals surface area contributed by atoms with Gasteiger partial charge in [0.1, 0.15) is 17.3 Å². The number of rotatable bonds is 3. The van der Waals surface area contributed by atoms with Crippen LogP contribution in [0.1, 0.15) is 10.4 Å². The molecule has 0 fully saturated rings. The van der Waals surface area contributed by atoms with Crippen LogP contribution in [-0.4, -0.2) is 18.1 Å². The van der Waals surface area contributed by atoms with Crippen molar-refractivity contribution in [1.82, 2.24) is 0 Å². The highest BCUT2D eigenvalue weighted by atomic mass is 35.5. The second-order valence-electron chi connectivity index (χ2n) is 4.08. The van der Waals surface area contributed by atoms with Crippen molar-refractivity contribution in [3.63, 3.8) is 0 Å². The van der Waals surface area contributed by atoms with Crippen molar-refractivity contribution in [1.29, 1.82) is 0 Å². The van der Waals surface area contributed by atoms with E-state index in [1.165, 1.54) is 25.3 Å². The number of methoxy groups -OCH3 is 1. The molecule has 2 aromatic carbocycles. The van der Waals surface area contributed by atoms with E-state index in [1.807, 2.05) is 0 Å². The molecule has 0 atom stereocenters. The standard InChI is InChI=1S/C14H10ClF2NO3/c1-21-8-2-3-12(19)9(6-8)14(20)18-13-10(15)4-7(16)5-11(13)17/h2-6,19H,1H3,(H,18,20). The van der Waals surface area contributed by atoms with Gasteiger partial charge in [0.2, 0.25) is 0 Å². The molecular weight excluding hydrogens is 304 g/mol. The molecule has 1 amide bonds. The van der Waals surface area contributed by atoms with Crippen molar-refractivity contribution >= 4 is 23.2 Å². The number of nitrogens with one attached hydrogen (secondary N) is 1. The summed E-state index contributed by atoms with van der Waals surface area (Å²) >= 11 is 5.68. The quantitative estimate of drug-likeness (QED) is 0.910. The molecule has 0 saturated carbocycles. The van der Waals surface area contributed by atoms with Crippen molar-refractivity contribution in [2.45, 2.75) is 0 Å². The molecule has 2 N–H and O–H groups in total. The monoisotopic (exact) mass is 313 g/mol. The lowest BCUT2D eigenvalue weighted by atomic mass is 10.1. The lowest BCUT2D eigenvalue weighted by molar-refractivity contribution is 0.102. The second kappa shape index (κ2) is 5.97. The lowest BCUT2D eigenvalue weighted by Crippen LogP contribution is -2.14. The first-order valence-corrected chi connectivity index (χ1v) is 6.13. The highest BCUT2D eigenvalue weighted by Gasteiger charge is 2.17. The summed E-state index contributed by atoms with van der Waals surface area (Å²) in [6.45, 7) is 0. The molecule has 0 spiro atoms. The molecule has 21 heavy (non-hydrogen) atoms. The largest absolute Gasteiger partial charge is 0.507 e. The third-order valence-corrected chi connectivity index (χ3v) is 2.99. The van der Waals surface area contributed by atoms with Crippen LogP contribution in [0.3, 0.4) is 0 Å². The number of benzene rings is 2. The van der Waals surface area contributed by atoms with Gasteiger partial charge in [0.05, 0.1) is 23.4 Å².